The zero-order valence-electron chi connectivity index (χ0n) is 12.8. The number of halogens is 3. The quantitative estimate of drug-likeness (QED) is 0.765. The summed E-state index contributed by atoms with van der Waals surface area (Å²) in [5, 5.41) is 3.44. The monoisotopic (exact) mass is 326 g/mol. The Morgan fingerprint density at radius 2 is 2.13 bits per heavy atom. The summed E-state index contributed by atoms with van der Waals surface area (Å²) >= 11 is 0. The fraction of sp³-hybridized carbons (Fsp3) is 0.333. The van der Waals surface area contributed by atoms with E-state index in [9.17, 15) is 13.2 Å². The van der Waals surface area contributed by atoms with Gasteiger partial charge < -0.3 is 9.64 Å². The second-order valence-electron chi connectivity index (χ2n) is 4.88. The molecule has 0 bridgehead atoms. The molecule has 0 aliphatic rings. The van der Waals surface area contributed by atoms with Crippen LogP contribution in [0.5, 0.6) is 5.75 Å². The van der Waals surface area contributed by atoms with Gasteiger partial charge in [0.15, 0.2) is 0 Å². The van der Waals surface area contributed by atoms with Gasteiger partial charge in [-0.05, 0) is 17.7 Å². The van der Waals surface area contributed by atoms with Gasteiger partial charge in [0.05, 0.1) is 7.11 Å². The first-order chi connectivity index (χ1) is 10.8. The van der Waals surface area contributed by atoms with E-state index in [0.29, 0.717) is 18.8 Å². The fourth-order valence-electron chi connectivity index (χ4n) is 2.14. The largest absolute Gasteiger partial charge is 0.497 e. The molecule has 2 rings (SSSR count). The van der Waals surface area contributed by atoms with Crippen LogP contribution >= 0.6 is 0 Å². The van der Waals surface area contributed by atoms with Gasteiger partial charge in [-0.3, -0.25) is 0 Å². The summed E-state index contributed by atoms with van der Waals surface area (Å²) in [7, 11) is 2.98. The summed E-state index contributed by atoms with van der Waals surface area (Å²) in [6.07, 6.45) is -2.98. The molecular weight excluding hydrogens is 309 g/mol. The third-order valence-corrected chi connectivity index (χ3v) is 3.13. The summed E-state index contributed by atoms with van der Waals surface area (Å²) in [6.45, 7) is 4.33. The van der Waals surface area contributed by atoms with E-state index in [4.69, 9.17) is 4.74 Å². The van der Waals surface area contributed by atoms with E-state index in [1.54, 1.807) is 24.2 Å². The average Bonchev–Trinajstić information content (AvgIpc) is 2.89. The standard InChI is InChI=1S/C15H17F3N4O/c1-4-8-22(10-11-6-5-7-12(9-11)23-3)14-19-13(15(16,17)18)20-21(14)2/h4-7,9H,1,8,10H2,2-3H3. The summed E-state index contributed by atoms with van der Waals surface area (Å²) < 4.78 is 44.6. The van der Waals surface area contributed by atoms with Crippen LogP contribution in [0.25, 0.3) is 0 Å². The Morgan fingerprint density at radius 1 is 1.39 bits per heavy atom. The van der Waals surface area contributed by atoms with Gasteiger partial charge in [0.25, 0.3) is 5.82 Å². The molecule has 1 aromatic carbocycles. The molecule has 1 heterocycles. The number of alkyl halides is 3. The van der Waals surface area contributed by atoms with Crippen LogP contribution in [0.1, 0.15) is 11.4 Å². The van der Waals surface area contributed by atoms with Gasteiger partial charge in [-0.2, -0.15) is 18.2 Å². The molecule has 0 aliphatic carbocycles. The second kappa shape index (κ2) is 6.72. The van der Waals surface area contributed by atoms with Crippen LogP contribution in [-0.4, -0.2) is 28.4 Å². The molecule has 23 heavy (non-hydrogen) atoms. The van der Waals surface area contributed by atoms with Crippen LogP contribution in [-0.2, 0) is 19.8 Å². The van der Waals surface area contributed by atoms with Crippen LogP contribution < -0.4 is 9.64 Å². The molecule has 5 nitrogen and oxygen atoms in total. The van der Waals surface area contributed by atoms with E-state index in [1.165, 1.54) is 7.05 Å². The first kappa shape index (κ1) is 16.9. The maximum absolute atomic E-state index is 12.8. The normalized spacial score (nSPS) is 11.3. The minimum Gasteiger partial charge on any atom is -0.497 e. The van der Waals surface area contributed by atoms with Gasteiger partial charge >= 0.3 is 6.18 Å². The summed E-state index contributed by atoms with van der Waals surface area (Å²) in [4.78, 5) is 5.27. The molecule has 0 spiro atoms. The van der Waals surface area contributed by atoms with Crippen LogP contribution in [0.3, 0.4) is 0 Å². The van der Waals surface area contributed by atoms with Crippen molar-refractivity contribution in [2.75, 3.05) is 18.6 Å². The van der Waals surface area contributed by atoms with E-state index in [-0.39, 0.29) is 5.95 Å². The van der Waals surface area contributed by atoms with E-state index in [2.05, 4.69) is 16.7 Å². The molecule has 0 atom stereocenters. The Labute approximate surface area is 132 Å². The first-order valence-electron chi connectivity index (χ1n) is 6.82. The van der Waals surface area contributed by atoms with E-state index in [0.717, 1.165) is 10.2 Å². The molecule has 0 aliphatic heterocycles. The molecule has 0 unspecified atom stereocenters. The number of benzene rings is 1. The molecule has 124 valence electrons. The smallest absolute Gasteiger partial charge is 0.453 e. The fourth-order valence-corrected chi connectivity index (χ4v) is 2.14. The predicted molar refractivity (Wildman–Crippen MR) is 80.2 cm³/mol. The van der Waals surface area contributed by atoms with Crippen molar-refractivity contribution >= 4 is 5.95 Å². The Morgan fingerprint density at radius 3 is 2.70 bits per heavy atom. The molecule has 0 saturated carbocycles. The highest BCUT2D eigenvalue weighted by Gasteiger charge is 2.37. The van der Waals surface area contributed by atoms with Crippen molar-refractivity contribution in [1.82, 2.24) is 14.8 Å². The van der Waals surface area contributed by atoms with Gasteiger partial charge in [0.1, 0.15) is 5.75 Å². The van der Waals surface area contributed by atoms with Gasteiger partial charge in [-0.15, -0.1) is 11.7 Å². The molecule has 0 fully saturated rings. The van der Waals surface area contributed by atoms with Gasteiger partial charge in [0.2, 0.25) is 5.95 Å². The number of methoxy groups -OCH3 is 1. The van der Waals surface area contributed by atoms with Crippen molar-refractivity contribution in [2.24, 2.45) is 7.05 Å². The van der Waals surface area contributed by atoms with Crippen molar-refractivity contribution in [1.29, 1.82) is 0 Å². The molecule has 1 aromatic heterocycles. The Balaban J connectivity index is 2.31. The van der Waals surface area contributed by atoms with E-state index in [1.807, 2.05) is 18.2 Å². The lowest BCUT2D eigenvalue weighted by Gasteiger charge is -2.21. The lowest BCUT2D eigenvalue weighted by Crippen LogP contribution is -2.25. The third kappa shape index (κ3) is 4.02. The number of anilines is 1. The van der Waals surface area contributed by atoms with Crippen LogP contribution in [0, 0.1) is 0 Å². The predicted octanol–water partition coefficient (Wildman–Crippen LogP) is 3.04. The Bertz CT molecular complexity index is 682. The van der Waals surface area contributed by atoms with Gasteiger partial charge in [-0.1, -0.05) is 18.2 Å². The molecule has 0 radical (unpaired) electrons. The number of hydrogen-bond acceptors (Lipinski definition) is 4. The SMILES string of the molecule is C=CCN(Cc1cccc(OC)c1)c1nc(C(F)(F)F)nn1C. The molecule has 2 aromatic rings. The summed E-state index contributed by atoms with van der Waals surface area (Å²) in [5.41, 5.74) is 0.878. The van der Waals surface area contributed by atoms with Gasteiger partial charge in [0, 0.05) is 20.1 Å². The Kier molecular flexibility index (Phi) is 4.92. The highest BCUT2D eigenvalue weighted by molar-refractivity contribution is 5.36. The zero-order valence-corrected chi connectivity index (χ0v) is 12.8. The molecule has 8 heteroatoms. The van der Waals surface area contributed by atoms with Crippen LogP contribution in [0.15, 0.2) is 36.9 Å². The average molecular weight is 326 g/mol. The lowest BCUT2D eigenvalue weighted by atomic mass is 10.2. The van der Waals surface area contributed by atoms with Crippen molar-refractivity contribution in [3.63, 3.8) is 0 Å². The highest BCUT2D eigenvalue weighted by Crippen LogP contribution is 2.28. The topological polar surface area (TPSA) is 43.2 Å². The molecule has 0 amide bonds. The molecule has 0 N–H and O–H groups in total. The highest BCUT2D eigenvalue weighted by atomic mass is 19.4. The third-order valence-electron chi connectivity index (χ3n) is 3.13. The van der Waals surface area contributed by atoms with Gasteiger partial charge in [-0.25, -0.2) is 4.68 Å². The Hall–Kier alpha value is -2.51. The van der Waals surface area contributed by atoms with Crippen LogP contribution in [0.2, 0.25) is 0 Å². The molecular formula is C15H17F3N4O. The van der Waals surface area contributed by atoms with E-state index < -0.39 is 12.0 Å². The van der Waals surface area contributed by atoms with Crippen molar-refractivity contribution < 1.29 is 17.9 Å². The number of aromatic nitrogens is 3. The second-order valence-corrected chi connectivity index (χ2v) is 4.88. The zero-order chi connectivity index (χ0) is 17.0. The van der Waals surface area contributed by atoms with Crippen molar-refractivity contribution in [2.45, 2.75) is 12.7 Å². The minimum atomic E-state index is -4.58. The first-order valence-corrected chi connectivity index (χ1v) is 6.82. The number of rotatable bonds is 6. The van der Waals surface area contributed by atoms with E-state index >= 15 is 0 Å². The lowest BCUT2D eigenvalue weighted by molar-refractivity contribution is -0.144. The summed E-state index contributed by atoms with van der Waals surface area (Å²) in [6, 6.07) is 7.29. The number of aryl methyl sites for hydroxylation is 1. The van der Waals surface area contributed by atoms with Crippen LogP contribution in [0.4, 0.5) is 19.1 Å². The number of ether oxygens (including phenoxy) is 1. The number of nitrogens with zero attached hydrogens (tertiary/aromatic N) is 4. The number of hydrogen-bond donors (Lipinski definition) is 0. The maximum atomic E-state index is 12.8. The van der Waals surface area contributed by atoms with Crippen molar-refractivity contribution in [3.05, 3.63) is 48.3 Å². The van der Waals surface area contributed by atoms with Crippen molar-refractivity contribution in [3.8, 4) is 5.75 Å². The minimum absolute atomic E-state index is 0.125. The summed E-state index contributed by atoms with van der Waals surface area (Å²) in [5.74, 6) is -0.357. The maximum Gasteiger partial charge on any atom is 0.453 e. The molecule has 0 saturated heterocycles.